The van der Waals surface area contributed by atoms with Crippen LogP contribution in [0.25, 0.3) is 0 Å². The summed E-state index contributed by atoms with van der Waals surface area (Å²) in [7, 11) is 0. The van der Waals surface area contributed by atoms with Gasteiger partial charge in [-0.15, -0.1) is 0 Å². The molecule has 3 nitrogen and oxygen atoms in total. The number of rotatable bonds is 9. The Labute approximate surface area is 117 Å². The van der Waals surface area contributed by atoms with Gasteiger partial charge in [0.15, 0.2) is 0 Å². The van der Waals surface area contributed by atoms with Crippen LogP contribution in [0.1, 0.15) is 36.6 Å². The SMILES string of the molecule is CCNC(COCCOCC)c1ccc(C)c(C)c1. The average Bonchev–Trinajstić information content (AvgIpc) is 2.40. The zero-order chi connectivity index (χ0) is 14.1. The van der Waals surface area contributed by atoms with Gasteiger partial charge in [-0.3, -0.25) is 0 Å². The Morgan fingerprint density at radius 1 is 1.05 bits per heavy atom. The van der Waals surface area contributed by atoms with Crippen LogP contribution < -0.4 is 5.32 Å². The maximum Gasteiger partial charge on any atom is 0.0701 e. The number of hydrogen-bond donors (Lipinski definition) is 1. The first-order valence-electron chi connectivity index (χ1n) is 7.15. The maximum absolute atomic E-state index is 5.69. The van der Waals surface area contributed by atoms with E-state index < -0.39 is 0 Å². The van der Waals surface area contributed by atoms with E-state index in [9.17, 15) is 0 Å². The van der Waals surface area contributed by atoms with Crippen LogP contribution in [0.5, 0.6) is 0 Å². The number of hydrogen-bond acceptors (Lipinski definition) is 3. The van der Waals surface area contributed by atoms with Crippen molar-refractivity contribution in [2.75, 3.05) is 33.0 Å². The molecule has 1 N–H and O–H groups in total. The highest BCUT2D eigenvalue weighted by Crippen LogP contribution is 2.17. The summed E-state index contributed by atoms with van der Waals surface area (Å²) in [6.45, 7) is 12.1. The number of benzene rings is 1. The highest BCUT2D eigenvalue weighted by atomic mass is 16.5. The quantitative estimate of drug-likeness (QED) is 0.696. The van der Waals surface area contributed by atoms with E-state index >= 15 is 0 Å². The highest BCUT2D eigenvalue weighted by Gasteiger charge is 2.11. The molecule has 0 heterocycles. The number of nitrogens with one attached hydrogen (secondary N) is 1. The lowest BCUT2D eigenvalue weighted by Gasteiger charge is -2.19. The van der Waals surface area contributed by atoms with Crippen molar-refractivity contribution in [2.24, 2.45) is 0 Å². The van der Waals surface area contributed by atoms with Crippen LogP contribution in [0.3, 0.4) is 0 Å². The molecule has 0 aromatic heterocycles. The predicted molar refractivity (Wildman–Crippen MR) is 79.6 cm³/mol. The molecule has 0 bridgehead atoms. The minimum Gasteiger partial charge on any atom is -0.379 e. The molecule has 0 aliphatic heterocycles. The van der Waals surface area contributed by atoms with E-state index in [4.69, 9.17) is 9.47 Å². The fourth-order valence-electron chi connectivity index (χ4n) is 1.96. The Morgan fingerprint density at radius 2 is 1.79 bits per heavy atom. The fraction of sp³-hybridized carbons (Fsp3) is 0.625. The Morgan fingerprint density at radius 3 is 2.42 bits per heavy atom. The smallest absolute Gasteiger partial charge is 0.0701 e. The lowest BCUT2D eigenvalue weighted by Crippen LogP contribution is -2.26. The Hall–Kier alpha value is -0.900. The van der Waals surface area contributed by atoms with E-state index in [2.05, 4.69) is 44.3 Å². The Bertz CT molecular complexity index is 366. The van der Waals surface area contributed by atoms with Crippen molar-refractivity contribution in [2.45, 2.75) is 33.7 Å². The van der Waals surface area contributed by atoms with Crippen LogP contribution in [-0.2, 0) is 9.47 Å². The molecule has 1 unspecified atom stereocenters. The third-order valence-electron chi connectivity index (χ3n) is 3.24. The third-order valence-corrected chi connectivity index (χ3v) is 3.24. The largest absolute Gasteiger partial charge is 0.379 e. The molecule has 0 fully saturated rings. The Balaban J connectivity index is 2.53. The minimum absolute atomic E-state index is 0.255. The first-order chi connectivity index (χ1) is 9.19. The van der Waals surface area contributed by atoms with Gasteiger partial charge < -0.3 is 14.8 Å². The van der Waals surface area contributed by atoms with Crippen LogP contribution in [0.4, 0.5) is 0 Å². The van der Waals surface area contributed by atoms with Crippen molar-refractivity contribution < 1.29 is 9.47 Å². The summed E-state index contributed by atoms with van der Waals surface area (Å²) in [4.78, 5) is 0. The average molecular weight is 265 g/mol. The maximum atomic E-state index is 5.69. The molecular weight excluding hydrogens is 238 g/mol. The summed E-state index contributed by atoms with van der Waals surface area (Å²) < 4.78 is 11.0. The molecule has 0 aliphatic carbocycles. The molecule has 0 radical (unpaired) electrons. The highest BCUT2D eigenvalue weighted by molar-refractivity contribution is 5.31. The Kier molecular flexibility index (Phi) is 7.72. The van der Waals surface area contributed by atoms with Crippen LogP contribution >= 0.6 is 0 Å². The van der Waals surface area contributed by atoms with Crippen molar-refractivity contribution in [3.8, 4) is 0 Å². The van der Waals surface area contributed by atoms with Crippen LogP contribution in [0, 0.1) is 13.8 Å². The summed E-state index contributed by atoms with van der Waals surface area (Å²) >= 11 is 0. The topological polar surface area (TPSA) is 30.5 Å². The number of aryl methyl sites for hydroxylation is 2. The van der Waals surface area contributed by atoms with Crippen molar-refractivity contribution in [3.63, 3.8) is 0 Å². The molecule has 0 aliphatic rings. The summed E-state index contributed by atoms with van der Waals surface area (Å²) in [5.74, 6) is 0. The van der Waals surface area contributed by atoms with Gasteiger partial charge in [-0.25, -0.2) is 0 Å². The van der Waals surface area contributed by atoms with E-state index in [0.717, 1.165) is 13.2 Å². The van der Waals surface area contributed by atoms with Gasteiger partial charge in [0.2, 0.25) is 0 Å². The van der Waals surface area contributed by atoms with Gasteiger partial charge in [0, 0.05) is 6.61 Å². The van der Waals surface area contributed by atoms with E-state index in [1.165, 1.54) is 16.7 Å². The summed E-state index contributed by atoms with van der Waals surface area (Å²) in [5, 5.41) is 3.47. The molecule has 3 heteroatoms. The monoisotopic (exact) mass is 265 g/mol. The molecule has 0 spiro atoms. The molecule has 1 atom stereocenters. The third kappa shape index (κ3) is 5.72. The molecule has 108 valence electrons. The first-order valence-corrected chi connectivity index (χ1v) is 7.15. The van der Waals surface area contributed by atoms with Gasteiger partial charge in [-0.2, -0.15) is 0 Å². The normalized spacial score (nSPS) is 12.6. The zero-order valence-corrected chi connectivity index (χ0v) is 12.7. The molecule has 1 aromatic rings. The van der Waals surface area contributed by atoms with E-state index in [1.54, 1.807) is 0 Å². The number of ether oxygens (including phenoxy) is 2. The molecule has 1 aromatic carbocycles. The summed E-state index contributed by atoms with van der Waals surface area (Å²) in [5.41, 5.74) is 3.95. The summed E-state index contributed by atoms with van der Waals surface area (Å²) in [6.07, 6.45) is 0. The van der Waals surface area contributed by atoms with Gasteiger partial charge in [0.25, 0.3) is 0 Å². The van der Waals surface area contributed by atoms with E-state index in [1.807, 2.05) is 6.92 Å². The minimum atomic E-state index is 0.255. The van der Waals surface area contributed by atoms with Gasteiger partial charge in [-0.1, -0.05) is 25.1 Å². The number of likely N-dealkylation sites (N-methyl/N-ethyl adjacent to an activating group) is 1. The van der Waals surface area contributed by atoms with Crippen molar-refractivity contribution in [3.05, 3.63) is 34.9 Å². The van der Waals surface area contributed by atoms with Gasteiger partial charge in [-0.05, 0) is 44.0 Å². The second-order valence-corrected chi connectivity index (χ2v) is 4.73. The van der Waals surface area contributed by atoms with Gasteiger partial charge in [0.05, 0.1) is 25.9 Å². The van der Waals surface area contributed by atoms with Crippen LogP contribution in [-0.4, -0.2) is 33.0 Å². The van der Waals surface area contributed by atoms with Crippen LogP contribution in [0.15, 0.2) is 18.2 Å². The lowest BCUT2D eigenvalue weighted by atomic mass is 10.0. The molecule has 19 heavy (non-hydrogen) atoms. The van der Waals surface area contributed by atoms with E-state index in [-0.39, 0.29) is 6.04 Å². The van der Waals surface area contributed by atoms with Crippen LogP contribution in [0.2, 0.25) is 0 Å². The fourth-order valence-corrected chi connectivity index (χ4v) is 1.96. The van der Waals surface area contributed by atoms with Gasteiger partial charge >= 0.3 is 0 Å². The molecule has 0 saturated heterocycles. The molecular formula is C16H27NO2. The van der Waals surface area contributed by atoms with Gasteiger partial charge in [0.1, 0.15) is 0 Å². The summed E-state index contributed by atoms with van der Waals surface area (Å²) in [6, 6.07) is 6.86. The van der Waals surface area contributed by atoms with Crippen molar-refractivity contribution >= 4 is 0 Å². The molecule has 0 saturated carbocycles. The van der Waals surface area contributed by atoms with Crippen molar-refractivity contribution in [1.82, 2.24) is 5.32 Å². The lowest BCUT2D eigenvalue weighted by molar-refractivity contribution is 0.0435. The molecule has 0 amide bonds. The second-order valence-electron chi connectivity index (χ2n) is 4.73. The van der Waals surface area contributed by atoms with E-state index in [0.29, 0.717) is 19.8 Å². The molecule has 1 rings (SSSR count). The second kappa shape index (κ2) is 9.08. The van der Waals surface area contributed by atoms with Crippen molar-refractivity contribution in [1.29, 1.82) is 0 Å². The first kappa shape index (κ1) is 16.2. The standard InChI is InChI=1S/C16H27NO2/c1-5-17-16(12-19-10-9-18-6-2)15-8-7-13(3)14(4)11-15/h7-8,11,16-17H,5-6,9-10,12H2,1-4H3. The zero-order valence-electron chi connectivity index (χ0n) is 12.7. The predicted octanol–water partition coefficient (Wildman–Crippen LogP) is 3.01.